The molecule has 2 rings (SSSR count). The molecule has 0 aliphatic rings. The van der Waals surface area contributed by atoms with Crippen LogP contribution in [0.4, 0.5) is 5.69 Å². The largest absolute Gasteiger partial charge is 0.342 e. The highest BCUT2D eigenvalue weighted by molar-refractivity contribution is 9.10. The van der Waals surface area contributed by atoms with E-state index in [1.807, 2.05) is 6.07 Å². The van der Waals surface area contributed by atoms with E-state index in [-0.39, 0.29) is 13.2 Å². The third-order valence-corrected chi connectivity index (χ3v) is 5.49. The second-order valence-electron chi connectivity index (χ2n) is 5.62. The molecular weight excluding hydrogens is 447 g/mol. The zero-order valence-corrected chi connectivity index (χ0v) is 17.9. The summed E-state index contributed by atoms with van der Waals surface area (Å²) in [7, 11) is -3.24. The Morgan fingerprint density at radius 3 is 2.32 bits per heavy atom. The molecule has 1 atom stereocenters. The number of rotatable bonds is 8. The zero-order chi connectivity index (χ0) is 20.7. The molecular formula is C19H20BrN2O5P. The first kappa shape index (κ1) is 22.3. The Kier molecular flexibility index (Phi) is 7.93. The van der Waals surface area contributed by atoms with Crippen molar-refractivity contribution in [2.75, 3.05) is 18.5 Å². The third-order valence-electron chi connectivity index (χ3n) is 3.85. The molecule has 0 aromatic heterocycles. The number of halogens is 1. The number of carbonyl (C=O) groups is 1. The summed E-state index contributed by atoms with van der Waals surface area (Å²) in [4.78, 5) is 22.3. The number of hydrogen-bond acceptors (Lipinski definition) is 5. The molecule has 0 spiro atoms. The van der Waals surface area contributed by atoms with Gasteiger partial charge in [-0.05, 0) is 44.2 Å². The van der Waals surface area contributed by atoms with Crippen LogP contribution in [0.2, 0.25) is 0 Å². The average molecular weight is 467 g/mol. The van der Waals surface area contributed by atoms with Crippen LogP contribution in [0, 0.1) is 11.3 Å². The molecule has 0 aliphatic carbocycles. The van der Waals surface area contributed by atoms with Gasteiger partial charge in [-0.1, -0.05) is 28.1 Å². The molecule has 7 nitrogen and oxygen atoms in total. The molecule has 0 fully saturated rings. The maximum absolute atomic E-state index is 12.5. The molecule has 0 saturated carbocycles. The van der Waals surface area contributed by atoms with Gasteiger partial charge in [0.25, 0.3) is 19.5 Å². The number of ether oxygens (including phenoxy) is 2. The first-order valence-electron chi connectivity index (χ1n) is 8.50. The molecule has 148 valence electrons. The van der Waals surface area contributed by atoms with Crippen molar-refractivity contribution >= 4 is 35.6 Å². The molecule has 0 heterocycles. The van der Waals surface area contributed by atoms with E-state index in [1.54, 1.807) is 32.0 Å². The van der Waals surface area contributed by atoms with Crippen LogP contribution in [0.3, 0.4) is 0 Å². The van der Waals surface area contributed by atoms with Crippen LogP contribution in [0.25, 0.3) is 0 Å². The Morgan fingerprint density at radius 1 is 1.21 bits per heavy atom. The predicted octanol–water partition coefficient (Wildman–Crippen LogP) is 4.22. The lowest BCUT2D eigenvalue weighted by atomic mass is 10.1. The molecule has 0 aliphatic heterocycles. The van der Waals surface area contributed by atoms with Crippen LogP contribution in [-0.4, -0.2) is 24.0 Å². The van der Waals surface area contributed by atoms with Crippen molar-refractivity contribution in [1.29, 1.82) is 5.26 Å². The minimum atomic E-state index is -3.24. The molecule has 0 radical (unpaired) electrons. The molecule has 1 amide bonds. The summed E-state index contributed by atoms with van der Waals surface area (Å²) in [5.74, 6) is -0.416. The van der Waals surface area contributed by atoms with Gasteiger partial charge >= 0.3 is 0 Å². The molecule has 1 unspecified atom stereocenters. The van der Waals surface area contributed by atoms with Crippen molar-refractivity contribution in [2.45, 2.75) is 19.4 Å². The smallest absolute Gasteiger partial charge is 0.271 e. The first-order valence-corrected chi connectivity index (χ1v) is 10.7. The maximum atomic E-state index is 12.5. The van der Waals surface area contributed by atoms with Gasteiger partial charge < -0.3 is 19.7 Å². The van der Waals surface area contributed by atoms with Crippen molar-refractivity contribution in [3.8, 4) is 6.07 Å². The van der Waals surface area contributed by atoms with Gasteiger partial charge in [0, 0.05) is 28.8 Å². The highest BCUT2D eigenvalue weighted by Gasteiger charge is 2.40. The van der Waals surface area contributed by atoms with Gasteiger partial charge in [0.05, 0.1) is 11.3 Å². The van der Waals surface area contributed by atoms with E-state index in [2.05, 4.69) is 21.2 Å². The average Bonchev–Trinajstić information content (AvgIpc) is 2.68. The number of hydrogen-bond donors (Lipinski definition) is 2. The van der Waals surface area contributed by atoms with Crippen LogP contribution in [0.5, 0.6) is 0 Å². The van der Waals surface area contributed by atoms with Gasteiger partial charge in [-0.15, -0.1) is 0 Å². The summed E-state index contributed by atoms with van der Waals surface area (Å²) in [6.07, 6.45) is 0. The molecule has 0 bridgehead atoms. The standard InChI is InChI=1S/C19H20BrN2O5P/c1-3-26-19(27-4-2,28(24)25)15-7-5-13(6-8-15)18(23)22-17-10-9-16(20)11-14(17)12-21/h5-11,28H,3-4H2,1-2H3,(H,22,23)(H,24,25). The van der Waals surface area contributed by atoms with Crippen molar-refractivity contribution in [2.24, 2.45) is 0 Å². The number of anilines is 1. The van der Waals surface area contributed by atoms with E-state index >= 15 is 0 Å². The van der Waals surface area contributed by atoms with Crippen LogP contribution < -0.4 is 5.32 Å². The number of carbonyl (C=O) groups excluding carboxylic acids is 1. The summed E-state index contributed by atoms with van der Waals surface area (Å²) in [5, 5.41) is 11.9. The minimum absolute atomic E-state index is 0.180. The van der Waals surface area contributed by atoms with Crippen molar-refractivity contribution in [3.63, 3.8) is 0 Å². The Bertz CT molecular complexity index is 906. The topological polar surface area (TPSA) is 109 Å². The fourth-order valence-corrected chi connectivity index (χ4v) is 3.93. The monoisotopic (exact) mass is 466 g/mol. The number of amides is 1. The molecule has 2 N–H and O–H groups in total. The SMILES string of the molecule is CCOC(OCC)(c1ccc(C(=O)Nc2ccc(Br)cc2C#N)cc1)[PH](=O)O. The van der Waals surface area contributed by atoms with Gasteiger partial charge in [0.1, 0.15) is 6.07 Å². The molecule has 0 saturated heterocycles. The highest BCUT2D eigenvalue weighted by Crippen LogP contribution is 2.46. The Hall–Kier alpha value is -2.01. The Morgan fingerprint density at radius 2 is 1.82 bits per heavy atom. The quantitative estimate of drug-likeness (QED) is 0.445. The summed E-state index contributed by atoms with van der Waals surface area (Å²) in [6.45, 7) is 3.76. The number of nitrogens with one attached hydrogen (secondary N) is 1. The van der Waals surface area contributed by atoms with Gasteiger partial charge in [0.2, 0.25) is 0 Å². The van der Waals surface area contributed by atoms with Gasteiger partial charge in [0.15, 0.2) is 0 Å². The number of nitrogens with zero attached hydrogens (tertiary/aromatic N) is 1. The van der Waals surface area contributed by atoms with E-state index in [9.17, 15) is 19.5 Å². The van der Waals surface area contributed by atoms with E-state index in [4.69, 9.17) is 9.47 Å². The van der Waals surface area contributed by atoms with Crippen LogP contribution in [-0.2, 0) is 19.6 Å². The van der Waals surface area contributed by atoms with Gasteiger partial charge in [-0.3, -0.25) is 9.36 Å². The number of nitriles is 1. The Balaban J connectivity index is 2.29. The lowest BCUT2D eigenvalue weighted by Gasteiger charge is -2.30. The molecule has 9 heteroatoms. The second-order valence-corrected chi connectivity index (χ2v) is 7.81. The number of benzene rings is 2. The summed E-state index contributed by atoms with van der Waals surface area (Å²) in [6, 6.07) is 13.0. The summed E-state index contributed by atoms with van der Waals surface area (Å²) < 4.78 is 23.7. The Labute approximate surface area is 172 Å². The van der Waals surface area contributed by atoms with E-state index in [0.717, 1.165) is 4.47 Å². The van der Waals surface area contributed by atoms with Crippen LogP contribution >= 0.6 is 24.0 Å². The molecule has 2 aromatic carbocycles. The van der Waals surface area contributed by atoms with E-state index in [0.29, 0.717) is 22.4 Å². The normalized spacial score (nSPS) is 12.2. The summed E-state index contributed by atoms with van der Waals surface area (Å²) in [5.41, 5.74) is -0.373. The fourth-order valence-electron chi connectivity index (χ4n) is 2.62. The predicted molar refractivity (Wildman–Crippen MR) is 109 cm³/mol. The van der Waals surface area contributed by atoms with E-state index < -0.39 is 19.5 Å². The molecule has 28 heavy (non-hydrogen) atoms. The van der Waals surface area contributed by atoms with Crippen LogP contribution in [0.15, 0.2) is 46.9 Å². The van der Waals surface area contributed by atoms with Crippen molar-refractivity contribution in [1.82, 2.24) is 0 Å². The van der Waals surface area contributed by atoms with Gasteiger partial charge in [-0.25, -0.2) is 0 Å². The lowest BCUT2D eigenvalue weighted by molar-refractivity contribution is -0.183. The molecule has 2 aromatic rings. The van der Waals surface area contributed by atoms with Crippen molar-refractivity contribution < 1.29 is 23.7 Å². The zero-order valence-electron chi connectivity index (χ0n) is 15.4. The summed E-state index contributed by atoms with van der Waals surface area (Å²) >= 11 is 3.28. The first-order chi connectivity index (χ1) is 13.4. The second kappa shape index (κ2) is 9.97. The highest BCUT2D eigenvalue weighted by atomic mass is 79.9. The fraction of sp³-hybridized carbons (Fsp3) is 0.263. The van der Waals surface area contributed by atoms with Crippen molar-refractivity contribution in [3.05, 3.63) is 63.6 Å². The van der Waals surface area contributed by atoms with Crippen LogP contribution in [0.1, 0.15) is 35.3 Å². The lowest BCUT2D eigenvalue weighted by Crippen LogP contribution is -2.30. The third kappa shape index (κ3) is 4.88. The maximum Gasteiger partial charge on any atom is 0.271 e. The van der Waals surface area contributed by atoms with E-state index in [1.165, 1.54) is 24.3 Å². The minimum Gasteiger partial charge on any atom is -0.342 e. The van der Waals surface area contributed by atoms with Gasteiger partial charge in [-0.2, -0.15) is 5.26 Å².